The molecule has 0 aliphatic carbocycles. The predicted octanol–water partition coefficient (Wildman–Crippen LogP) is 23.2. The van der Waals surface area contributed by atoms with E-state index < -0.39 is 0 Å². The summed E-state index contributed by atoms with van der Waals surface area (Å²) in [6.45, 7) is 37.4. The standard InChI is InChI=1S/2C26H19N5.2C24H12N6/c1-17(2)19-8-10-21(11-9-19)25-29-24(20-6-4-18(16-27)5-7-20)30-26(31-25)22-12-14-23(28-3)15-13-22;1-17(2)19-10-12-20(13-11-19)24-29-25(21-7-4-6-18(14-21)16-27)31-26(30-24)22-8-5-9-23(15-22)28-3;1-27-21-12-10-20(11-13-21)24-29-22(18-6-2-16(14-25)3-7-18)28-23(30-24)19-8-4-17(15-26)5-9-19;1-27-21-10-4-9-20(13-21)24-29-22(18-7-2-5-16(11-18)14-25)28-23(30-24)19-8-3-6-17(12-19)15-26/h2*4-15,17H,1-2H3;2*2-13H. The summed E-state index contributed by atoms with van der Waals surface area (Å²) in [5, 5.41) is 54.9. The van der Waals surface area contributed by atoms with Crippen LogP contribution in [-0.2, 0) is 0 Å². The van der Waals surface area contributed by atoms with Gasteiger partial charge in [-0.25, -0.2) is 79.2 Å². The largest absolute Gasteiger partial charge is 0.238 e. The highest BCUT2D eigenvalue weighted by molar-refractivity contribution is 5.75. The number of nitrogens with zero attached hydrogens (tertiary/aromatic N) is 22. The van der Waals surface area contributed by atoms with Crippen molar-refractivity contribution < 1.29 is 0 Å². The molecule has 0 bridgehead atoms. The Balaban J connectivity index is 0.000000140. The zero-order chi connectivity index (χ0) is 85.4. The SMILES string of the molecule is [C-]#[N+]c1ccc(-c2nc(-c3ccc(C#N)cc3)nc(-c3ccc(C#N)cc3)n2)cc1.[C-]#[N+]c1ccc(-c2nc(-c3ccc(C#N)cc3)nc(-c3ccc(C(C)C)cc3)n2)cc1.[C-]#[N+]c1cccc(-c2nc(-c3ccc(C(C)C)cc3)nc(-c3cccc(C#N)c3)n2)c1.[C-]#[N+]c1cccc(-c2nc(-c3cccc(C#N)c3)nc(-c3cccc(C#N)c3)n2)c1. The summed E-state index contributed by atoms with van der Waals surface area (Å²) >= 11 is 0. The number of benzene rings is 12. The van der Waals surface area contributed by atoms with Gasteiger partial charge in [-0.15, -0.1) is 0 Å². The van der Waals surface area contributed by atoms with Crippen molar-refractivity contribution in [1.82, 2.24) is 59.8 Å². The van der Waals surface area contributed by atoms with Crippen molar-refractivity contribution in [3.8, 4) is 173 Å². The average molecular weight is 1570 g/mol. The van der Waals surface area contributed by atoms with E-state index in [2.05, 4.69) is 148 Å². The molecule has 0 radical (unpaired) electrons. The van der Waals surface area contributed by atoms with Gasteiger partial charge in [-0.05, 0) is 144 Å². The molecule has 4 aromatic heterocycles. The Morgan fingerprint density at radius 3 is 0.574 bits per heavy atom. The van der Waals surface area contributed by atoms with E-state index in [1.165, 1.54) is 11.1 Å². The molecule has 22 nitrogen and oxygen atoms in total. The molecule has 4 heterocycles. The Labute approximate surface area is 704 Å². The Kier molecular flexibility index (Phi) is 25.8. The van der Waals surface area contributed by atoms with E-state index in [1.54, 1.807) is 176 Å². The van der Waals surface area contributed by atoms with Crippen LogP contribution in [0.1, 0.15) is 84.0 Å². The highest BCUT2D eigenvalue weighted by Crippen LogP contribution is 2.34. The normalized spacial score (nSPS) is 10.2. The lowest BCUT2D eigenvalue weighted by Crippen LogP contribution is -2.00. The van der Waals surface area contributed by atoms with Gasteiger partial charge in [-0.1, -0.05) is 198 Å². The molecular formula is C100H62N22. The molecule has 0 saturated heterocycles. The summed E-state index contributed by atoms with van der Waals surface area (Å²) in [5.41, 5.74) is 17.0. The van der Waals surface area contributed by atoms with E-state index >= 15 is 0 Å². The molecule has 12 aromatic carbocycles. The second kappa shape index (κ2) is 38.6. The minimum atomic E-state index is 0.405. The van der Waals surface area contributed by atoms with Crippen molar-refractivity contribution in [2.24, 2.45) is 0 Å². The zero-order valence-corrected chi connectivity index (χ0v) is 65.7. The lowest BCUT2D eigenvalue weighted by atomic mass is 10.0. The molecule has 0 spiro atoms. The van der Waals surface area contributed by atoms with Crippen LogP contribution in [0.2, 0.25) is 0 Å². The maximum absolute atomic E-state index is 9.27. The molecule has 16 aromatic rings. The lowest BCUT2D eigenvalue weighted by Gasteiger charge is -2.10. The van der Waals surface area contributed by atoms with Crippen molar-refractivity contribution in [3.05, 3.63) is 381 Å². The molecule has 0 saturated carbocycles. The first-order chi connectivity index (χ1) is 59.5. The lowest BCUT2D eigenvalue weighted by molar-refractivity contribution is 0.866. The van der Waals surface area contributed by atoms with E-state index in [0.717, 1.165) is 50.1 Å². The summed E-state index contributed by atoms with van der Waals surface area (Å²) < 4.78 is 0. The van der Waals surface area contributed by atoms with Gasteiger partial charge in [-0.2, -0.15) is 31.6 Å². The summed E-state index contributed by atoms with van der Waals surface area (Å²) in [6, 6.07) is 100. The van der Waals surface area contributed by atoms with Gasteiger partial charge in [-0.3, -0.25) is 0 Å². The van der Waals surface area contributed by atoms with Crippen LogP contribution in [0.15, 0.2) is 291 Å². The van der Waals surface area contributed by atoms with E-state index in [-0.39, 0.29) is 0 Å². The number of rotatable bonds is 14. The summed E-state index contributed by atoms with van der Waals surface area (Å²) in [6.07, 6.45) is 0. The van der Waals surface area contributed by atoms with Crippen LogP contribution in [0.4, 0.5) is 22.7 Å². The fraction of sp³-hybridized carbons (Fsp3) is 0.0600. The van der Waals surface area contributed by atoms with Gasteiger partial charge in [0.05, 0.1) is 96.1 Å². The van der Waals surface area contributed by atoms with Crippen LogP contribution >= 0.6 is 0 Å². The molecule has 0 unspecified atom stereocenters. The second-order valence-corrected chi connectivity index (χ2v) is 27.6. The molecule has 0 N–H and O–H groups in total. The number of aromatic nitrogens is 12. The van der Waals surface area contributed by atoms with Gasteiger partial charge in [0, 0.05) is 66.8 Å². The van der Waals surface area contributed by atoms with Gasteiger partial charge in [0.2, 0.25) is 0 Å². The number of hydrogen-bond donors (Lipinski definition) is 0. The fourth-order valence-electron chi connectivity index (χ4n) is 12.2. The molecule has 0 atom stereocenters. The summed E-state index contributed by atoms with van der Waals surface area (Å²) in [4.78, 5) is 69.6. The Morgan fingerprint density at radius 2 is 0.377 bits per heavy atom. The highest BCUT2D eigenvalue weighted by atomic mass is 15.1. The zero-order valence-electron chi connectivity index (χ0n) is 65.7. The Bertz CT molecular complexity index is 6520. The smallest absolute Gasteiger partial charge is 0.187 e. The van der Waals surface area contributed by atoms with E-state index in [9.17, 15) is 15.8 Å². The van der Waals surface area contributed by atoms with Crippen molar-refractivity contribution in [2.45, 2.75) is 39.5 Å². The molecular weight excluding hydrogens is 1510 g/mol. The van der Waals surface area contributed by atoms with Gasteiger partial charge >= 0.3 is 0 Å². The van der Waals surface area contributed by atoms with Crippen LogP contribution in [0.3, 0.4) is 0 Å². The summed E-state index contributed by atoms with van der Waals surface area (Å²) in [7, 11) is 0. The van der Waals surface area contributed by atoms with E-state index in [4.69, 9.17) is 62.0 Å². The van der Waals surface area contributed by atoms with Gasteiger partial charge in [0.1, 0.15) is 0 Å². The molecule has 0 aliphatic rings. The van der Waals surface area contributed by atoms with Crippen LogP contribution in [0, 0.1) is 94.3 Å². The quantitative estimate of drug-likeness (QED) is 0.0913. The molecule has 122 heavy (non-hydrogen) atoms. The first-order valence-electron chi connectivity index (χ1n) is 37.7. The minimum absolute atomic E-state index is 0.405. The van der Waals surface area contributed by atoms with E-state index in [0.29, 0.717) is 155 Å². The minimum Gasteiger partial charge on any atom is -0.238 e. The molecule has 22 heteroatoms. The summed E-state index contributed by atoms with van der Waals surface area (Å²) in [5.74, 6) is 6.67. The number of nitriles is 6. The van der Waals surface area contributed by atoms with Crippen LogP contribution in [0.5, 0.6) is 0 Å². The first kappa shape index (κ1) is 81.6. The molecule has 572 valence electrons. The molecule has 0 amide bonds. The van der Waals surface area contributed by atoms with Gasteiger partial charge < -0.3 is 0 Å². The maximum atomic E-state index is 9.27. The molecule has 0 aliphatic heterocycles. The van der Waals surface area contributed by atoms with Crippen LogP contribution in [0.25, 0.3) is 156 Å². The van der Waals surface area contributed by atoms with Crippen molar-refractivity contribution in [1.29, 1.82) is 31.6 Å². The first-order valence-corrected chi connectivity index (χ1v) is 37.7. The Hall–Kier alpha value is -18.4. The van der Waals surface area contributed by atoms with Crippen molar-refractivity contribution in [2.75, 3.05) is 0 Å². The predicted molar refractivity (Wildman–Crippen MR) is 466 cm³/mol. The topological polar surface area (TPSA) is 315 Å². The molecule has 0 fully saturated rings. The fourth-order valence-corrected chi connectivity index (χ4v) is 12.2. The van der Waals surface area contributed by atoms with E-state index in [1.807, 2.05) is 91.0 Å². The second-order valence-electron chi connectivity index (χ2n) is 27.6. The van der Waals surface area contributed by atoms with Crippen LogP contribution < -0.4 is 0 Å². The third-order valence-electron chi connectivity index (χ3n) is 18.8. The van der Waals surface area contributed by atoms with Crippen LogP contribution in [-0.4, -0.2) is 59.8 Å². The van der Waals surface area contributed by atoms with Gasteiger partial charge in [0.15, 0.2) is 92.6 Å². The number of hydrogen-bond acceptors (Lipinski definition) is 18. The highest BCUT2D eigenvalue weighted by Gasteiger charge is 2.20. The Morgan fingerprint density at radius 1 is 0.197 bits per heavy atom. The third-order valence-corrected chi connectivity index (χ3v) is 18.8. The van der Waals surface area contributed by atoms with Gasteiger partial charge in [0.25, 0.3) is 0 Å². The molecule has 16 rings (SSSR count). The maximum Gasteiger partial charge on any atom is 0.187 e. The van der Waals surface area contributed by atoms with Crippen molar-refractivity contribution in [3.63, 3.8) is 0 Å². The third kappa shape index (κ3) is 20.2. The average Bonchev–Trinajstić information content (AvgIpc) is 0.804. The van der Waals surface area contributed by atoms with Crippen molar-refractivity contribution >= 4 is 22.7 Å². The monoisotopic (exact) mass is 1570 g/mol.